The molecular weight excluding hydrogens is 314 g/mol. The lowest BCUT2D eigenvalue weighted by Gasteiger charge is -2.15. The Bertz CT molecular complexity index is 668. The molecular formula is C17H21NO6. The van der Waals surface area contributed by atoms with E-state index in [0.29, 0.717) is 35.0 Å². The van der Waals surface area contributed by atoms with E-state index in [2.05, 4.69) is 5.32 Å². The Labute approximate surface area is 140 Å². The molecule has 1 heterocycles. The van der Waals surface area contributed by atoms with Gasteiger partial charge in [0.25, 0.3) is 5.91 Å². The van der Waals surface area contributed by atoms with Gasteiger partial charge in [-0.05, 0) is 30.7 Å². The van der Waals surface area contributed by atoms with Gasteiger partial charge in [0.2, 0.25) is 5.75 Å². The summed E-state index contributed by atoms with van der Waals surface area (Å²) in [4.78, 5) is 12.4. The fourth-order valence-electron chi connectivity index (χ4n) is 2.32. The molecule has 2 N–H and O–H groups in total. The van der Waals surface area contributed by atoms with E-state index in [4.69, 9.17) is 18.6 Å². The van der Waals surface area contributed by atoms with Gasteiger partial charge >= 0.3 is 0 Å². The molecule has 1 aromatic carbocycles. The molecule has 0 saturated heterocycles. The predicted molar refractivity (Wildman–Crippen MR) is 86.7 cm³/mol. The smallest absolute Gasteiger partial charge is 0.255 e. The summed E-state index contributed by atoms with van der Waals surface area (Å²) in [6, 6.07) is 6.61. The summed E-state index contributed by atoms with van der Waals surface area (Å²) in [5.74, 6) is 1.25. The van der Waals surface area contributed by atoms with Crippen LogP contribution in [0.1, 0.15) is 28.6 Å². The van der Waals surface area contributed by atoms with Gasteiger partial charge in [0.15, 0.2) is 11.5 Å². The Balaban J connectivity index is 2.04. The Morgan fingerprint density at radius 2 is 1.92 bits per heavy atom. The van der Waals surface area contributed by atoms with E-state index in [9.17, 15) is 9.90 Å². The summed E-state index contributed by atoms with van der Waals surface area (Å²) < 4.78 is 20.8. The number of carbonyl (C=O) groups excluding carboxylic acids is 1. The Morgan fingerprint density at radius 1 is 1.17 bits per heavy atom. The number of carbonyl (C=O) groups is 1. The molecule has 0 bridgehead atoms. The lowest BCUT2D eigenvalue weighted by molar-refractivity contribution is 0.0932. The van der Waals surface area contributed by atoms with Gasteiger partial charge < -0.3 is 29.1 Å². The summed E-state index contributed by atoms with van der Waals surface area (Å²) in [5.41, 5.74) is 0.322. The summed E-state index contributed by atoms with van der Waals surface area (Å²) >= 11 is 0. The maximum absolute atomic E-state index is 12.4. The van der Waals surface area contributed by atoms with Crippen LogP contribution in [0.5, 0.6) is 17.2 Å². The summed E-state index contributed by atoms with van der Waals surface area (Å²) in [6.45, 7) is 0.276. The van der Waals surface area contributed by atoms with E-state index in [1.54, 1.807) is 24.3 Å². The maximum Gasteiger partial charge on any atom is 0.255 e. The number of aliphatic hydroxyl groups is 1. The van der Waals surface area contributed by atoms with Crippen LogP contribution in [0.4, 0.5) is 0 Å². The van der Waals surface area contributed by atoms with Gasteiger partial charge in [-0.2, -0.15) is 0 Å². The van der Waals surface area contributed by atoms with Crippen molar-refractivity contribution in [2.45, 2.75) is 12.5 Å². The zero-order chi connectivity index (χ0) is 17.5. The highest BCUT2D eigenvalue weighted by Crippen LogP contribution is 2.39. The Morgan fingerprint density at radius 3 is 2.50 bits per heavy atom. The number of amides is 1. The van der Waals surface area contributed by atoms with Gasteiger partial charge in [0, 0.05) is 6.54 Å². The van der Waals surface area contributed by atoms with Crippen LogP contribution in [0.2, 0.25) is 0 Å². The van der Waals surface area contributed by atoms with Gasteiger partial charge in [-0.15, -0.1) is 0 Å². The number of benzene rings is 1. The van der Waals surface area contributed by atoms with Gasteiger partial charge in [0.05, 0.1) is 33.2 Å². The molecule has 1 unspecified atom stereocenters. The van der Waals surface area contributed by atoms with E-state index in [1.165, 1.54) is 27.6 Å². The molecule has 0 radical (unpaired) electrons. The average Bonchev–Trinajstić information content (AvgIpc) is 3.14. The van der Waals surface area contributed by atoms with Crippen LogP contribution in [0.25, 0.3) is 0 Å². The first-order valence-corrected chi connectivity index (χ1v) is 7.41. The molecule has 0 aliphatic carbocycles. The van der Waals surface area contributed by atoms with E-state index in [1.807, 2.05) is 0 Å². The summed E-state index contributed by atoms with van der Waals surface area (Å²) in [6.07, 6.45) is 1.05. The zero-order valence-corrected chi connectivity index (χ0v) is 13.9. The quantitative estimate of drug-likeness (QED) is 0.768. The normalized spacial score (nSPS) is 11.7. The number of nitrogens with one attached hydrogen (secondary N) is 1. The predicted octanol–water partition coefficient (Wildman–Crippen LogP) is 2.16. The highest BCUT2D eigenvalue weighted by atomic mass is 16.5. The van der Waals surface area contributed by atoms with Crippen molar-refractivity contribution in [1.82, 2.24) is 5.32 Å². The van der Waals surface area contributed by atoms with Gasteiger partial charge in [-0.3, -0.25) is 4.79 Å². The molecule has 2 rings (SSSR count). The van der Waals surface area contributed by atoms with Crippen molar-refractivity contribution >= 4 is 5.91 Å². The minimum atomic E-state index is -0.771. The summed E-state index contributed by atoms with van der Waals surface area (Å²) in [5, 5.41) is 12.7. The molecule has 1 amide bonds. The third-order valence-corrected chi connectivity index (χ3v) is 3.52. The molecule has 1 aromatic heterocycles. The SMILES string of the molecule is COc1ccc(C(=O)NCCC(O)c2ccco2)c(OC)c1OC. The van der Waals surface area contributed by atoms with Crippen molar-refractivity contribution in [2.24, 2.45) is 0 Å². The first kappa shape index (κ1) is 17.7. The number of hydrogen-bond acceptors (Lipinski definition) is 6. The van der Waals surface area contributed by atoms with E-state index in [-0.39, 0.29) is 12.5 Å². The first-order chi connectivity index (χ1) is 11.6. The van der Waals surface area contributed by atoms with Crippen LogP contribution in [-0.4, -0.2) is 38.9 Å². The number of hydrogen-bond donors (Lipinski definition) is 2. The van der Waals surface area contributed by atoms with E-state index < -0.39 is 6.10 Å². The second kappa shape index (κ2) is 8.26. The van der Waals surface area contributed by atoms with Crippen LogP contribution in [0.15, 0.2) is 34.9 Å². The van der Waals surface area contributed by atoms with E-state index in [0.717, 1.165) is 0 Å². The fraction of sp³-hybridized carbons (Fsp3) is 0.353. The van der Waals surface area contributed by atoms with E-state index >= 15 is 0 Å². The van der Waals surface area contributed by atoms with Crippen molar-refractivity contribution < 1.29 is 28.5 Å². The number of methoxy groups -OCH3 is 3. The van der Waals surface area contributed by atoms with Crippen LogP contribution in [0, 0.1) is 0 Å². The lowest BCUT2D eigenvalue weighted by Crippen LogP contribution is -2.26. The van der Waals surface area contributed by atoms with Gasteiger partial charge in [-0.25, -0.2) is 0 Å². The highest BCUT2D eigenvalue weighted by Gasteiger charge is 2.20. The molecule has 7 nitrogen and oxygen atoms in total. The zero-order valence-electron chi connectivity index (χ0n) is 13.9. The molecule has 2 aromatic rings. The summed E-state index contributed by atoms with van der Waals surface area (Å²) in [7, 11) is 4.43. The highest BCUT2D eigenvalue weighted by molar-refractivity contribution is 5.98. The maximum atomic E-state index is 12.4. The molecule has 0 fully saturated rings. The van der Waals surface area contributed by atoms with Crippen molar-refractivity contribution in [2.75, 3.05) is 27.9 Å². The van der Waals surface area contributed by atoms with Crippen LogP contribution < -0.4 is 19.5 Å². The van der Waals surface area contributed by atoms with Gasteiger partial charge in [-0.1, -0.05) is 0 Å². The average molecular weight is 335 g/mol. The molecule has 1 atom stereocenters. The fourth-order valence-corrected chi connectivity index (χ4v) is 2.32. The number of aliphatic hydroxyl groups excluding tert-OH is 1. The van der Waals surface area contributed by atoms with Crippen LogP contribution in [-0.2, 0) is 0 Å². The molecule has 24 heavy (non-hydrogen) atoms. The van der Waals surface area contributed by atoms with Crippen molar-refractivity contribution in [3.05, 3.63) is 41.9 Å². The topological polar surface area (TPSA) is 90.2 Å². The van der Waals surface area contributed by atoms with Gasteiger partial charge in [0.1, 0.15) is 11.9 Å². The monoisotopic (exact) mass is 335 g/mol. The second-order valence-electron chi connectivity index (χ2n) is 4.96. The second-order valence-corrected chi connectivity index (χ2v) is 4.96. The number of rotatable bonds is 8. The Hall–Kier alpha value is -2.67. The third-order valence-electron chi connectivity index (χ3n) is 3.52. The van der Waals surface area contributed by atoms with Crippen molar-refractivity contribution in [3.8, 4) is 17.2 Å². The lowest BCUT2D eigenvalue weighted by atomic mass is 10.1. The molecule has 130 valence electrons. The number of ether oxygens (including phenoxy) is 3. The molecule has 0 aliphatic heterocycles. The molecule has 0 aliphatic rings. The Kier molecular flexibility index (Phi) is 6.08. The standard InChI is InChI=1S/C17H21NO6/c1-21-14-7-6-11(15(22-2)16(14)23-3)17(20)18-9-8-12(19)13-5-4-10-24-13/h4-7,10,12,19H,8-9H2,1-3H3,(H,18,20). The minimum absolute atomic E-state index is 0.276. The first-order valence-electron chi connectivity index (χ1n) is 7.41. The van der Waals surface area contributed by atoms with Crippen LogP contribution >= 0.6 is 0 Å². The van der Waals surface area contributed by atoms with Crippen molar-refractivity contribution in [1.29, 1.82) is 0 Å². The third kappa shape index (κ3) is 3.80. The molecule has 0 spiro atoms. The molecule has 7 heteroatoms. The molecule has 0 saturated carbocycles. The van der Waals surface area contributed by atoms with Crippen LogP contribution in [0.3, 0.4) is 0 Å². The number of furan rings is 1. The largest absolute Gasteiger partial charge is 0.493 e. The van der Waals surface area contributed by atoms with Crippen molar-refractivity contribution in [3.63, 3.8) is 0 Å². The minimum Gasteiger partial charge on any atom is -0.493 e.